The summed E-state index contributed by atoms with van der Waals surface area (Å²) >= 11 is 0. The fourth-order valence-corrected chi connectivity index (χ4v) is 4.38. The number of piperidine rings is 1. The maximum atomic E-state index is 13.1. The molecule has 0 aliphatic carbocycles. The molecule has 2 unspecified atom stereocenters. The zero-order chi connectivity index (χ0) is 19.9. The first-order valence-electron chi connectivity index (χ1n) is 9.99. The summed E-state index contributed by atoms with van der Waals surface area (Å²) in [6.07, 6.45) is 1.09. The van der Waals surface area contributed by atoms with Crippen molar-refractivity contribution in [1.82, 2.24) is 4.90 Å². The van der Waals surface area contributed by atoms with E-state index >= 15 is 0 Å². The fraction of sp³-hybridized carbons (Fsp3) is 0.478. The number of nitrogens with zero attached hydrogens (tertiary/aromatic N) is 1. The first-order valence-corrected chi connectivity index (χ1v) is 9.99. The van der Waals surface area contributed by atoms with Crippen molar-refractivity contribution in [2.45, 2.75) is 50.9 Å². The second-order valence-corrected chi connectivity index (χ2v) is 8.35. The van der Waals surface area contributed by atoms with E-state index in [0.717, 1.165) is 42.8 Å². The Bertz CT molecular complexity index is 844. The van der Waals surface area contributed by atoms with Crippen LogP contribution in [-0.2, 0) is 0 Å². The molecule has 0 saturated carbocycles. The molecule has 2 aromatic carbocycles. The van der Waals surface area contributed by atoms with Gasteiger partial charge in [-0.3, -0.25) is 0 Å². The highest BCUT2D eigenvalue weighted by molar-refractivity contribution is 5.45. The van der Waals surface area contributed by atoms with Gasteiger partial charge in [-0.1, -0.05) is 12.1 Å². The van der Waals surface area contributed by atoms with Crippen molar-refractivity contribution in [3.63, 3.8) is 0 Å². The fourth-order valence-electron chi connectivity index (χ4n) is 4.38. The molecule has 1 fully saturated rings. The molecular weight excluding hydrogens is 357 g/mol. The van der Waals surface area contributed by atoms with E-state index in [1.807, 2.05) is 12.1 Å². The Morgan fingerprint density at radius 2 is 1.79 bits per heavy atom. The number of hydrogen-bond donors (Lipinski definition) is 2. The highest BCUT2D eigenvalue weighted by Gasteiger charge is 2.43. The summed E-state index contributed by atoms with van der Waals surface area (Å²) in [4.78, 5) is 2.21. The van der Waals surface area contributed by atoms with Crippen molar-refractivity contribution >= 4 is 0 Å². The van der Waals surface area contributed by atoms with E-state index in [4.69, 9.17) is 4.74 Å². The maximum Gasteiger partial charge on any atom is 0.126 e. The highest BCUT2D eigenvalue weighted by Crippen LogP contribution is 2.45. The third kappa shape index (κ3) is 3.79. The SMILES string of the molecule is Cc1cc2c(cc1C)C(O)CC1(CCN(CC(O)c3ccc(F)cc3)CC1)O2. The van der Waals surface area contributed by atoms with E-state index in [2.05, 4.69) is 18.7 Å². The maximum absolute atomic E-state index is 13.1. The van der Waals surface area contributed by atoms with Crippen molar-refractivity contribution in [2.24, 2.45) is 0 Å². The normalized spacial score (nSPS) is 22.5. The second kappa shape index (κ2) is 7.47. The van der Waals surface area contributed by atoms with Gasteiger partial charge in [0.15, 0.2) is 0 Å². The molecule has 150 valence electrons. The summed E-state index contributed by atoms with van der Waals surface area (Å²) in [6.45, 7) is 6.22. The molecule has 2 heterocycles. The molecule has 2 aliphatic rings. The number of halogens is 1. The smallest absolute Gasteiger partial charge is 0.126 e. The number of aliphatic hydroxyl groups is 2. The highest BCUT2D eigenvalue weighted by atomic mass is 19.1. The number of β-amino-alcohol motifs (C(OH)–C–C–N with tert-alkyl or cyclic N) is 1. The molecule has 1 spiro atoms. The van der Waals surface area contributed by atoms with E-state index < -0.39 is 12.2 Å². The number of rotatable bonds is 3. The van der Waals surface area contributed by atoms with Gasteiger partial charge in [0.2, 0.25) is 0 Å². The molecule has 28 heavy (non-hydrogen) atoms. The van der Waals surface area contributed by atoms with Crippen LogP contribution in [0.2, 0.25) is 0 Å². The van der Waals surface area contributed by atoms with Crippen LogP contribution >= 0.6 is 0 Å². The van der Waals surface area contributed by atoms with Crippen molar-refractivity contribution in [3.8, 4) is 5.75 Å². The zero-order valence-corrected chi connectivity index (χ0v) is 16.5. The quantitative estimate of drug-likeness (QED) is 0.843. The lowest BCUT2D eigenvalue weighted by Gasteiger charge is -2.46. The predicted octanol–water partition coefficient (Wildman–Crippen LogP) is 3.83. The molecule has 4 nitrogen and oxygen atoms in total. The van der Waals surface area contributed by atoms with Crippen molar-refractivity contribution in [1.29, 1.82) is 0 Å². The van der Waals surface area contributed by atoms with E-state index in [9.17, 15) is 14.6 Å². The van der Waals surface area contributed by atoms with Gasteiger partial charge in [0.05, 0.1) is 12.2 Å². The molecule has 2 N–H and O–H groups in total. The van der Waals surface area contributed by atoms with E-state index in [1.165, 1.54) is 23.3 Å². The molecule has 0 amide bonds. The van der Waals surface area contributed by atoms with Crippen LogP contribution in [0.25, 0.3) is 0 Å². The first kappa shape index (κ1) is 19.4. The minimum absolute atomic E-state index is 0.297. The minimum atomic E-state index is -0.640. The molecule has 0 radical (unpaired) electrons. The largest absolute Gasteiger partial charge is 0.487 e. The Kier molecular flexibility index (Phi) is 5.17. The van der Waals surface area contributed by atoms with Gasteiger partial charge in [-0.2, -0.15) is 0 Å². The Balaban J connectivity index is 1.41. The van der Waals surface area contributed by atoms with Crippen LogP contribution in [0, 0.1) is 19.7 Å². The van der Waals surface area contributed by atoms with E-state index in [1.54, 1.807) is 12.1 Å². The number of fused-ring (bicyclic) bond motifs is 1. The molecule has 2 aliphatic heterocycles. The number of aryl methyl sites for hydroxylation is 2. The zero-order valence-electron chi connectivity index (χ0n) is 16.5. The Hall–Kier alpha value is -1.95. The van der Waals surface area contributed by atoms with Gasteiger partial charge in [-0.05, 0) is 67.6 Å². The van der Waals surface area contributed by atoms with Gasteiger partial charge in [-0.25, -0.2) is 4.39 Å². The molecule has 0 aromatic heterocycles. The molecule has 2 atom stereocenters. The van der Waals surface area contributed by atoms with Crippen LogP contribution in [0.15, 0.2) is 36.4 Å². The lowest BCUT2D eigenvalue weighted by molar-refractivity contribution is -0.0588. The topological polar surface area (TPSA) is 52.9 Å². The summed E-state index contributed by atoms with van der Waals surface area (Å²) in [5, 5.41) is 21.2. The number of hydrogen-bond acceptors (Lipinski definition) is 4. The molecule has 1 saturated heterocycles. The number of benzene rings is 2. The predicted molar refractivity (Wildman–Crippen MR) is 106 cm³/mol. The van der Waals surface area contributed by atoms with Gasteiger partial charge in [0, 0.05) is 31.6 Å². The van der Waals surface area contributed by atoms with Gasteiger partial charge in [0.25, 0.3) is 0 Å². The van der Waals surface area contributed by atoms with Crippen LogP contribution in [0.5, 0.6) is 5.75 Å². The van der Waals surface area contributed by atoms with Gasteiger partial charge >= 0.3 is 0 Å². The summed E-state index contributed by atoms with van der Waals surface area (Å²) in [6, 6.07) is 10.1. The van der Waals surface area contributed by atoms with Crippen LogP contribution in [-0.4, -0.2) is 40.3 Å². The molecule has 2 aromatic rings. The molecule has 0 bridgehead atoms. The number of likely N-dealkylation sites (tertiary alicyclic amines) is 1. The average molecular weight is 385 g/mol. The van der Waals surface area contributed by atoms with E-state index in [0.29, 0.717) is 13.0 Å². The number of aliphatic hydroxyl groups excluding tert-OH is 2. The van der Waals surface area contributed by atoms with Gasteiger partial charge in [0.1, 0.15) is 17.2 Å². The second-order valence-electron chi connectivity index (χ2n) is 8.35. The third-order valence-corrected chi connectivity index (χ3v) is 6.33. The minimum Gasteiger partial charge on any atom is -0.487 e. The lowest BCUT2D eigenvalue weighted by Crippen LogP contribution is -2.51. The molecule has 5 heteroatoms. The summed E-state index contributed by atoms with van der Waals surface area (Å²) < 4.78 is 19.5. The van der Waals surface area contributed by atoms with E-state index in [-0.39, 0.29) is 11.4 Å². The van der Waals surface area contributed by atoms with Crippen LogP contribution in [0.3, 0.4) is 0 Å². The third-order valence-electron chi connectivity index (χ3n) is 6.33. The van der Waals surface area contributed by atoms with Gasteiger partial charge in [-0.15, -0.1) is 0 Å². The Labute approximate surface area is 165 Å². The first-order chi connectivity index (χ1) is 13.3. The average Bonchev–Trinajstić information content (AvgIpc) is 2.66. The molecular formula is C23H28FNO3. The van der Waals surface area contributed by atoms with Gasteiger partial charge < -0.3 is 19.8 Å². The van der Waals surface area contributed by atoms with Crippen molar-refractivity contribution < 1.29 is 19.3 Å². The number of ether oxygens (including phenoxy) is 1. The Morgan fingerprint density at radius 3 is 2.46 bits per heavy atom. The Morgan fingerprint density at radius 1 is 1.14 bits per heavy atom. The van der Waals surface area contributed by atoms with Crippen molar-refractivity contribution in [3.05, 3.63) is 64.5 Å². The summed E-state index contributed by atoms with van der Waals surface area (Å²) in [7, 11) is 0. The standard InChI is InChI=1S/C23H28FNO3/c1-15-11-19-20(26)13-23(28-22(19)12-16(15)2)7-9-25(10-8-23)14-21(27)17-3-5-18(24)6-4-17/h3-6,11-12,20-21,26-27H,7-10,13-14H2,1-2H3. The van der Waals surface area contributed by atoms with Crippen LogP contribution in [0.1, 0.15) is 53.7 Å². The van der Waals surface area contributed by atoms with Crippen LogP contribution < -0.4 is 4.74 Å². The monoisotopic (exact) mass is 385 g/mol. The summed E-state index contributed by atoms with van der Waals surface area (Å²) in [5.74, 6) is 0.510. The van der Waals surface area contributed by atoms with Crippen molar-refractivity contribution in [2.75, 3.05) is 19.6 Å². The van der Waals surface area contributed by atoms with Crippen LogP contribution in [0.4, 0.5) is 4.39 Å². The summed E-state index contributed by atoms with van der Waals surface area (Å²) in [5.41, 5.74) is 3.62. The molecule has 4 rings (SSSR count). The lowest BCUT2D eigenvalue weighted by atomic mass is 9.81.